The summed E-state index contributed by atoms with van der Waals surface area (Å²) < 4.78 is 2.24. The summed E-state index contributed by atoms with van der Waals surface area (Å²) in [6, 6.07) is 27.2. The summed E-state index contributed by atoms with van der Waals surface area (Å²) in [7, 11) is 0. The van der Waals surface area contributed by atoms with E-state index in [9.17, 15) is 0 Å². The fourth-order valence-electron chi connectivity index (χ4n) is 4.76. The molecule has 0 unspecified atom stereocenters. The Morgan fingerprint density at radius 3 is 1.81 bits per heavy atom. The molecule has 2 nitrogen and oxygen atoms in total. The van der Waals surface area contributed by atoms with Gasteiger partial charge in [-0.25, -0.2) is 0 Å². The Hall–Kier alpha value is -2.50. The zero-order valence-corrected chi connectivity index (χ0v) is 20.8. The van der Waals surface area contributed by atoms with Crippen molar-refractivity contribution >= 4 is 56.6 Å². The van der Waals surface area contributed by atoms with E-state index in [1.165, 1.54) is 20.3 Å². The van der Waals surface area contributed by atoms with Gasteiger partial charge in [-0.15, -0.1) is 6.42 Å². The molecule has 5 rings (SSSR count). The third-order valence-corrected chi connectivity index (χ3v) is 7.61. The molecule has 1 aliphatic carbocycles. The minimum absolute atomic E-state index is 0.559. The van der Waals surface area contributed by atoms with Crippen LogP contribution in [0.5, 0.6) is 0 Å². The van der Waals surface area contributed by atoms with Crippen LogP contribution in [-0.4, -0.2) is 0 Å². The van der Waals surface area contributed by atoms with Crippen molar-refractivity contribution in [2.24, 2.45) is 0 Å². The van der Waals surface area contributed by atoms with Crippen molar-refractivity contribution in [3.63, 3.8) is 0 Å². The quantitative estimate of drug-likeness (QED) is 0.136. The van der Waals surface area contributed by atoms with Crippen LogP contribution in [0.3, 0.4) is 0 Å². The van der Waals surface area contributed by atoms with Crippen molar-refractivity contribution in [3.05, 3.63) is 114 Å². The van der Waals surface area contributed by atoms with Gasteiger partial charge in [0.15, 0.2) is 0 Å². The fraction of sp³-hybridized carbons (Fsp3) is 0.0370. The molecule has 0 aliphatic heterocycles. The number of benzene rings is 4. The maximum atomic E-state index is 6.12. The number of terminal acetylenes is 1. The lowest BCUT2D eigenvalue weighted by Gasteiger charge is -2.35. The molecule has 4 N–H and O–H groups in total. The van der Waals surface area contributed by atoms with Crippen molar-refractivity contribution in [3.8, 4) is 23.5 Å². The van der Waals surface area contributed by atoms with Gasteiger partial charge in [0.2, 0.25) is 0 Å². The van der Waals surface area contributed by atoms with Crippen LogP contribution in [0.2, 0.25) is 0 Å². The first kappa shape index (κ1) is 20.4. The van der Waals surface area contributed by atoms with Gasteiger partial charge in [0.05, 0.1) is 5.41 Å². The molecule has 1 aliphatic rings. The standard InChI is InChI=1S/C27H18I2N2/c1-2-21-25(29)14-13-23-22-12-7-18(28)15-24(22)27(26(21)23,16-3-8-19(30)9-4-16)17-5-10-20(31)11-6-17/h1,3-15H,30-31H2. The van der Waals surface area contributed by atoms with Crippen LogP contribution in [0.15, 0.2) is 78.9 Å². The number of halogens is 2. The number of nitrogens with two attached hydrogens (primary N) is 2. The Morgan fingerprint density at radius 1 is 0.710 bits per heavy atom. The van der Waals surface area contributed by atoms with Crippen LogP contribution in [0.4, 0.5) is 11.4 Å². The zero-order valence-electron chi connectivity index (χ0n) is 16.5. The number of hydrogen-bond donors (Lipinski definition) is 2. The molecule has 0 saturated carbocycles. The Morgan fingerprint density at radius 2 is 1.26 bits per heavy atom. The third-order valence-electron chi connectivity index (χ3n) is 6.04. The largest absolute Gasteiger partial charge is 0.399 e. The molecule has 0 fully saturated rings. The maximum absolute atomic E-state index is 6.12. The predicted octanol–water partition coefficient (Wildman–Crippen LogP) is 6.40. The van der Waals surface area contributed by atoms with Gasteiger partial charge in [-0.2, -0.15) is 0 Å². The van der Waals surface area contributed by atoms with E-state index in [4.69, 9.17) is 17.9 Å². The summed E-state index contributed by atoms with van der Waals surface area (Å²) in [6.07, 6.45) is 6.12. The molecule has 0 heterocycles. The van der Waals surface area contributed by atoms with Crippen molar-refractivity contribution < 1.29 is 0 Å². The number of fused-ring (bicyclic) bond motifs is 3. The molecule has 0 bridgehead atoms. The first-order valence-electron chi connectivity index (χ1n) is 9.79. The molecule has 0 radical (unpaired) electrons. The van der Waals surface area contributed by atoms with Gasteiger partial charge in [0.1, 0.15) is 0 Å². The van der Waals surface area contributed by atoms with Crippen LogP contribution >= 0.6 is 45.2 Å². The van der Waals surface area contributed by atoms with E-state index in [1.807, 2.05) is 24.3 Å². The minimum Gasteiger partial charge on any atom is -0.399 e. The molecular weight excluding hydrogens is 606 g/mol. The number of rotatable bonds is 2. The van der Waals surface area contributed by atoms with Gasteiger partial charge in [-0.3, -0.25) is 0 Å². The summed E-state index contributed by atoms with van der Waals surface area (Å²) in [5.74, 6) is 3.00. The lowest BCUT2D eigenvalue weighted by Crippen LogP contribution is -2.30. The Labute approximate surface area is 209 Å². The Bertz CT molecular complexity index is 1320. The molecule has 4 heteroatoms. The number of nitrogen functional groups attached to an aromatic ring is 2. The summed E-state index contributed by atoms with van der Waals surface area (Å²) in [4.78, 5) is 0. The first-order chi connectivity index (χ1) is 15.0. The smallest absolute Gasteiger partial charge is 0.0726 e. The lowest BCUT2D eigenvalue weighted by atomic mass is 9.66. The van der Waals surface area contributed by atoms with E-state index in [0.29, 0.717) is 0 Å². The highest BCUT2D eigenvalue weighted by Crippen LogP contribution is 2.57. The maximum Gasteiger partial charge on any atom is 0.0726 e. The highest BCUT2D eigenvalue weighted by atomic mass is 127. The van der Waals surface area contributed by atoms with E-state index in [1.54, 1.807) is 0 Å². The number of hydrogen-bond acceptors (Lipinski definition) is 2. The lowest BCUT2D eigenvalue weighted by molar-refractivity contribution is 0.765. The Balaban J connectivity index is 2.03. The average Bonchev–Trinajstić information content (AvgIpc) is 3.05. The van der Waals surface area contributed by atoms with Crippen LogP contribution in [-0.2, 0) is 5.41 Å². The second-order valence-corrected chi connectivity index (χ2v) is 10.1. The first-order valence-corrected chi connectivity index (χ1v) is 11.9. The topological polar surface area (TPSA) is 52.0 Å². The summed E-state index contributed by atoms with van der Waals surface area (Å²) in [5.41, 5.74) is 21.0. The van der Waals surface area contributed by atoms with Crippen molar-refractivity contribution in [1.29, 1.82) is 0 Å². The molecule has 4 aromatic carbocycles. The normalized spacial score (nSPS) is 13.3. The molecule has 0 atom stereocenters. The molecule has 0 saturated heterocycles. The molecule has 150 valence electrons. The summed E-state index contributed by atoms with van der Waals surface area (Å²) in [5, 5.41) is 0. The molecule has 4 aromatic rings. The third kappa shape index (κ3) is 2.98. The van der Waals surface area contributed by atoms with Crippen LogP contribution in [0.25, 0.3) is 11.1 Å². The van der Waals surface area contributed by atoms with Gasteiger partial charge < -0.3 is 11.5 Å². The second kappa shape index (κ2) is 7.57. The summed E-state index contributed by atoms with van der Waals surface area (Å²) in [6.45, 7) is 0. The van der Waals surface area contributed by atoms with Gasteiger partial charge in [0.25, 0.3) is 0 Å². The second-order valence-electron chi connectivity index (χ2n) is 7.67. The molecule has 0 spiro atoms. The minimum atomic E-state index is -0.559. The molecule has 31 heavy (non-hydrogen) atoms. The highest BCUT2D eigenvalue weighted by Gasteiger charge is 2.48. The zero-order chi connectivity index (χ0) is 21.8. The van der Waals surface area contributed by atoms with E-state index in [-0.39, 0.29) is 0 Å². The molecular formula is C27H18I2N2. The van der Waals surface area contributed by atoms with Crippen molar-refractivity contribution in [2.45, 2.75) is 5.41 Å². The van der Waals surface area contributed by atoms with Crippen molar-refractivity contribution in [1.82, 2.24) is 0 Å². The number of anilines is 2. The van der Waals surface area contributed by atoms with E-state index in [0.717, 1.165) is 37.2 Å². The fourth-order valence-corrected chi connectivity index (χ4v) is 5.86. The van der Waals surface area contributed by atoms with E-state index in [2.05, 4.69) is 106 Å². The molecule has 0 amide bonds. The average molecular weight is 624 g/mol. The van der Waals surface area contributed by atoms with Gasteiger partial charge >= 0.3 is 0 Å². The summed E-state index contributed by atoms with van der Waals surface area (Å²) >= 11 is 4.72. The van der Waals surface area contributed by atoms with E-state index < -0.39 is 5.41 Å². The monoisotopic (exact) mass is 624 g/mol. The van der Waals surface area contributed by atoms with Crippen LogP contribution < -0.4 is 11.5 Å². The Kier molecular flexibility index (Phi) is 4.98. The molecule has 0 aromatic heterocycles. The van der Waals surface area contributed by atoms with Gasteiger partial charge in [-0.1, -0.05) is 42.3 Å². The van der Waals surface area contributed by atoms with Gasteiger partial charge in [0, 0.05) is 24.1 Å². The SMILES string of the molecule is C#Cc1c(I)ccc2c1C(c1ccc(N)cc1)(c1ccc(N)cc1)c1cc(I)ccc1-2. The van der Waals surface area contributed by atoms with Crippen LogP contribution in [0.1, 0.15) is 27.8 Å². The van der Waals surface area contributed by atoms with E-state index >= 15 is 0 Å². The van der Waals surface area contributed by atoms with Crippen molar-refractivity contribution in [2.75, 3.05) is 11.5 Å². The van der Waals surface area contributed by atoms with Crippen LogP contribution in [0, 0.1) is 19.5 Å². The van der Waals surface area contributed by atoms with Gasteiger partial charge in [-0.05, 0) is 121 Å². The highest BCUT2D eigenvalue weighted by molar-refractivity contribution is 14.1. The predicted molar refractivity (Wildman–Crippen MR) is 146 cm³/mol.